The Kier molecular flexibility index (Phi) is 2.90. The highest BCUT2D eigenvalue weighted by atomic mass is 19.3. The lowest BCUT2D eigenvalue weighted by Crippen LogP contribution is -2.17. The van der Waals surface area contributed by atoms with Crippen molar-refractivity contribution in [3.8, 4) is 0 Å². The van der Waals surface area contributed by atoms with Gasteiger partial charge in [0.05, 0.1) is 0 Å². The summed E-state index contributed by atoms with van der Waals surface area (Å²) in [6.45, 7) is 0. The number of hydrogen-bond donors (Lipinski definition) is 0. The van der Waals surface area contributed by atoms with Crippen molar-refractivity contribution in [2.75, 3.05) is 0 Å². The Labute approximate surface area is 92.0 Å². The summed E-state index contributed by atoms with van der Waals surface area (Å²) in [5.74, 6) is -2.88. The molecule has 0 N–H and O–H groups in total. The van der Waals surface area contributed by atoms with Gasteiger partial charge in [0.2, 0.25) is 0 Å². The van der Waals surface area contributed by atoms with Gasteiger partial charge >= 0.3 is 0 Å². The molecule has 82 valence electrons. The van der Waals surface area contributed by atoms with Crippen molar-refractivity contribution in [1.29, 1.82) is 0 Å². The fourth-order valence-electron chi connectivity index (χ4n) is 1.46. The second kappa shape index (κ2) is 4.35. The van der Waals surface area contributed by atoms with Gasteiger partial charge in [0, 0.05) is 24.4 Å². The maximum absolute atomic E-state index is 13.8. The lowest BCUT2D eigenvalue weighted by Gasteiger charge is -2.16. The minimum atomic E-state index is -2.88. The zero-order valence-corrected chi connectivity index (χ0v) is 8.48. The molecular weight excluding hydrogens is 210 g/mol. The summed E-state index contributed by atoms with van der Waals surface area (Å²) in [6, 6.07) is 7.76. The van der Waals surface area contributed by atoms with Crippen molar-refractivity contribution in [1.82, 2.24) is 9.97 Å². The molecule has 2 aromatic rings. The van der Waals surface area contributed by atoms with E-state index in [1.807, 2.05) is 0 Å². The highest BCUT2D eigenvalue weighted by molar-refractivity contribution is 5.22. The molecule has 2 rings (SSSR count). The maximum Gasteiger partial charge on any atom is 0.277 e. The molecular formula is C12H10F2N2. The molecule has 0 saturated carbocycles. The monoisotopic (exact) mass is 220 g/mol. The predicted molar refractivity (Wildman–Crippen MR) is 56.1 cm³/mol. The van der Waals surface area contributed by atoms with E-state index in [0.717, 1.165) is 0 Å². The quantitative estimate of drug-likeness (QED) is 0.794. The first kappa shape index (κ1) is 10.7. The maximum atomic E-state index is 13.8. The van der Waals surface area contributed by atoms with E-state index in [9.17, 15) is 8.78 Å². The van der Waals surface area contributed by atoms with E-state index >= 15 is 0 Å². The van der Waals surface area contributed by atoms with Crippen LogP contribution in [0.3, 0.4) is 0 Å². The molecule has 16 heavy (non-hydrogen) atoms. The number of rotatable bonds is 3. The molecule has 2 nitrogen and oxygen atoms in total. The molecule has 0 unspecified atom stereocenters. The first-order chi connectivity index (χ1) is 7.68. The van der Waals surface area contributed by atoms with Crippen LogP contribution in [-0.4, -0.2) is 9.97 Å². The van der Waals surface area contributed by atoms with E-state index in [1.54, 1.807) is 18.2 Å². The zero-order chi connectivity index (χ0) is 11.4. The fraction of sp³-hybridized carbons (Fsp3) is 0.167. The Hall–Kier alpha value is -1.84. The minimum Gasteiger partial charge on any atom is -0.245 e. The molecule has 0 aliphatic heterocycles. The average Bonchev–Trinajstić information content (AvgIpc) is 2.31. The molecule has 1 aromatic heterocycles. The van der Waals surface area contributed by atoms with Gasteiger partial charge in [-0.05, 0) is 5.56 Å². The number of aromatic nitrogens is 2. The Bertz CT molecular complexity index is 443. The van der Waals surface area contributed by atoms with Gasteiger partial charge in [0.1, 0.15) is 6.33 Å². The van der Waals surface area contributed by atoms with Crippen LogP contribution in [0.15, 0.2) is 49.1 Å². The lowest BCUT2D eigenvalue weighted by atomic mass is 10.0. The van der Waals surface area contributed by atoms with Crippen molar-refractivity contribution >= 4 is 0 Å². The van der Waals surface area contributed by atoms with Gasteiger partial charge < -0.3 is 0 Å². The first-order valence-electron chi connectivity index (χ1n) is 4.86. The largest absolute Gasteiger partial charge is 0.277 e. The van der Waals surface area contributed by atoms with Gasteiger partial charge in [-0.2, -0.15) is 0 Å². The average molecular weight is 220 g/mol. The van der Waals surface area contributed by atoms with Crippen LogP contribution in [0.5, 0.6) is 0 Å². The zero-order valence-electron chi connectivity index (χ0n) is 8.48. The first-order valence-corrected chi connectivity index (χ1v) is 4.86. The SMILES string of the molecule is FC(F)(Cc1cncnc1)c1ccccc1. The second-order valence-electron chi connectivity index (χ2n) is 3.49. The number of alkyl halides is 2. The van der Waals surface area contributed by atoms with E-state index in [4.69, 9.17) is 0 Å². The van der Waals surface area contributed by atoms with Crippen LogP contribution in [-0.2, 0) is 12.3 Å². The molecule has 0 atom stereocenters. The van der Waals surface area contributed by atoms with Crippen molar-refractivity contribution in [3.05, 3.63) is 60.2 Å². The van der Waals surface area contributed by atoms with Gasteiger partial charge in [-0.15, -0.1) is 0 Å². The molecule has 0 aliphatic carbocycles. The second-order valence-corrected chi connectivity index (χ2v) is 3.49. The normalized spacial score (nSPS) is 11.4. The predicted octanol–water partition coefficient (Wildman–Crippen LogP) is 2.81. The Morgan fingerprint density at radius 3 is 2.25 bits per heavy atom. The fourth-order valence-corrected chi connectivity index (χ4v) is 1.46. The van der Waals surface area contributed by atoms with E-state index in [-0.39, 0.29) is 12.0 Å². The summed E-state index contributed by atoms with van der Waals surface area (Å²) in [5, 5.41) is 0. The van der Waals surface area contributed by atoms with Gasteiger partial charge in [0.25, 0.3) is 5.92 Å². The van der Waals surface area contributed by atoms with Crippen molar-refractivity contribution in [2.24, 2.45) is 0 Å². The topological polar surface area (TPSA) is 25.8 Å². The van der Waals surface area contributed by atoms with Crippen LogP contribution in [0.2, 0.25) is 0 Å². The third-order valence-electron chi connectivity index (χ3n) is 2.24. The number of halogens is 2. The smallest absolute Gasteiger partial charge is 0.245 e. The van der Waals surface area contributed by atoms with Crippen LogP contribution in [0.4, 0.5) is 8.78 Å². The molecule has 0 bridgehead atoms. The van der Waals surface area contributed by atoms with Gasteiger partial charge in [0.15, 0.2) is 0 Å². The molecule has 0 amide bonds. The summed E-state index contributed by atoms with van der Waals surface area (Å²) in [5.41, 5.74) is 0.440. The van der Waals surface area contributed by atoms with E-state index in [1.165, 1.54) is 30.9 Å². The van der Waals surface area contributed by atoms with Crippen LogP contribution in [0.1, 0.15) is 11.1 Å². The van der Waals surface area contributed by atoms with Crippen molar-refractivity contribution < 1.29 is 8.78 Å². The summed E-state index contributed by atoms with van der Waals surface area (Å²) in [6.07, 6.45) is 3.76. The van der Waals surface area contributed by atoms with Gasteiger partial charge in [-0.1, -0.05) is 30.3 Å². The van der Waals surface area contributed by atoms with E-state index in [2.05, 4.69) is 9.97 Å². The van der Waals surface area contributed by atoms with Crippen molar-refractivity contribution in [3.63, 3.8) is 0 Å². The Balaban J connectivity index is 2.21. The summed E-state index contributed by atoms with van der Waals surface area (Å²) in [7, 11) is 0. The van der Waals surface area contributed by atoms with Gasteiger partial charge in [-0.25, -0.2) is 18.7 Å². The molecule has 0 saturated heterocycles. The van der Waals surface area contributed by atoms with Crippen LogP contribution < -0.4 is 0 Å². The Morgan fingerprint density at radius 2 is 1.62 bits per heavy atom. The summed E-state index contributed by atoms with van der Waals surface area (Å²) < 4.78 is 27.6. The third-order valence-corrected chi connectivity index (χ3v) is 2.24. The molecule has 1 heterocycles. The molecule has 0 spiro atoms. The van der Waals surface area contributed by atoms with Crippen LogP contribution >= 0.6 is 0 Å². The third kappa shape index (κ3) is 2.39. The highest BCUT2D eigenvalue weighted by Gasteiger charge is 2.31. The number of benzene rings is 1. The summed E-state index contributed by atoms with van der Waals surface area (Å²) >= 11 is 0. The summed E-state index contributed by atoms with van der Waals surface area (Å²) in [4.78, 5) is 7.44. The molecule has 0 fully saturated rings. The van der Waals surface area contributed by atoms with Gasteiger partial charge in [-0.3, -0.25) is 0 Å². The Morgan fingerprint density at radius 1 is 1.00 bits per heavy atom. The highest BCUT2D eigenvalue weighted by Crippen LogP contribution is 2.31. The number of nitrogens with zero attached hydrogens (tertiary/aromatic N) is 2. The minimum absolute atomic E-state index is 0.0128. The molecule has 0 aliphatic rings. The van der Waals surface area contributed by atoms with E-state index in [0.29, 0.717) is 5.56 Å². The standard InChI is InChI=1S/C12H10F2N2/c13-12(14,11-4-2-1-3-5-11)6-10-7-15-9-16-8-10/h1-5,7-9H,6H2. The molecule has 1 aromatic carbocycles. The molecule has 4 heteroatoms. The van der Waals surface area contributed by atoms with Crippen LogP contribution in [0, 0.1) is 0 Å². The number of hydrogen-bond acceptors (Lipinski definition) is 2. The van der Waals surface area contributed by atoms with E-state index < -0.39 is 5.92 Å². The lowest BCUT2D eigenvalue weighted by molar-refractivity contribution is -0.00398. The van der Waals surface area contributed by atoms with Crippen LogP contribution in [0.25, 0.3) is 0 Å². The molecule has 0 radical (unpaired) electrons. The van der Waals surface area contributed by atoms with Crippen molar-refractivity contribution in [2.45, 2.75) is 12.3 Å².